The highest BCUT2D eigenvalue weighted by Crippen LogP contribution is 2.15. The number of carbonyl (C=O) groups excluding carboxylic acids is 1. The van der Waals surface area contributed by atoms with Gasteiger partial charge in [0.05, 0.1) is 12.4 Å². The highest BCUT2D eigenvalue weighted by molar-refractivity contribution is 5.77. The molecule has 0 amide bonds. The van der Waals surface area contributed by atoms with Crippen molar-refractivity contribution in [3.05, 3.63) is 24.2 Å². The number of aromatic amines is 1. The Balaban J connectivity index is 2.58. The zero-order valence-electron chi connectivity index (χ0n) is 6.51. The van der Waals surface area contributed by atoms with Gasteiger partial charge in [-0.05, 0) is 0 Å². The van der Waals surface area contributed by atoms with Gasteiger partial charge in [-0.1, -0.05) is 0 Å². The number of nitrogens with one attached hydrogen (secondary N) is 1. The lowest BCUT2D eigenvalue weighted by atomic mass is 10.4. The van der Waals surface area contributed by atoms with Crippen LogP contribution in [0, 0.1) is 0 Å². The van der Waals surface area contributed by atoms with Crippen molar-refractivity contribution in [3.8, 4) is 11.6 Å². The van der Waals surface area contributed by atoms with Crippen LogP contribution in [0.15, 0.2) is 18.5 Å². The highest BCUT2D eigenvalue weighted by atomic mass is 16.3. The van der Waals surface area contributed by atoms with Crippen LogP contribution in [0.5, 0.6) is 5.75 Å². The Hall–Kier alpha value is -2.11. The van der Waals surface area contributed by atoms with E-state index >= 15 is 0 Å². The SMILES string of the molecule is O=Cc1c(O)cnn1-c1ccn[nH]1. The zero-order valence-corrected chi connectivity index (χ0v) is 6.51. The van der Waals surface area contributed by atoms with Crippen LogP contribution >= 0.6 is 0 Å². The van der Waals surface area contributed by atoms with Crippen LogP contribution in [-0.2, 0) is 0 Å². The molecule has 0 aliphatic heterocycles. The Morgan fingerprint density at radius 2 is 2.46 bits per heavy atom. The minimum atomic E-state index is -0.149. The maximum absolute atomic E-state index is 10.5. The quantitative estimate of drug-likeness (QED) is 0.639. The number of hydrogen-bond acceptors (Lipinski definition) is 4. The minimum Gasteiger partial charge on any atom is -0.504 e. The normalized spacial score (nSPS) is 10.2. The largest absolute Gasteiger partial charge is 0.504 e. The number of aldehydes is 1. The summed E-state index contributed by atoms with van der Waals surface area (Å²) < 4.78 is 1.27. The first-order valence-electron chi connectivity index (χ1n) is 3.55. The second-order valence-corrected chi connectivity index (χ2v) is 2.39. The molecule has 6 heteroatoms. The molecule has 13 heavy (non-hydrogen) atoms. The molecule has 2 N–H and O–H groups in total. The van der Waals surface area contributed by atoms with Crippen LogP contribution in [0.25, 0.3) is 5.82 Å². The van der Waals surface area contributed by atoms with E-state index in [1.54, 1.807) is 6.07 Å². The Kier molecular flexibility index (Phi) is 1.59. The molecule has 6 nitrogen and oxygen atoms in total. The monoisotopic (exact) mass is 178 g/mol. The van der Waals surface area contributed by atoms with E-state index in [0.717, 1.165) is 0 Å². The Morgan fingerprint density at radius 1 is 1.62 bits per heavy atom. The number of carbonyl (C=O) groups is 1. The first-order chi connectivity index (χ1) is 6.33. The molecule has 0 aromatic carbocycles. The summed E-state index contributed by atoms with van der Waals surface area (Å²) in [4.78, 5) is 10.5. The summed E-state index contributed by atoms with van der Waals surface area (Å²) in [5.41, 5.74) is 0.101. The van der Waals surface area contributed by atoms with E-state index < -0.39 is 0 Å². The van der Waals surface area contributed by atoms with Crippen LogP contribution in [-0.4, -0.2) is 31.4 Å². The van der Waals surface area contributed by atoms with Gasteiger partial charge in [0.1, 0.15) is 5.82 Å². The smallest absolute Gasteiger partial charge is 0.172 e. The number of aromatic hydroxyl groups is 1. The van der Waals surface area contributed by atoms with Crippen molar-refractivity contribution in [1.82, 2.24) is 20.0 Å². The summed E-state index contributed by atoms with van der Waals surface area (Å²) >= 11 is 0. The van der Waals surface area contributed by atoms with Gasteiger partial charge < -0.3 is 5.11 Å². The van der Waals surface area contributed by atoms with Crippen molar-refractivity contribution in [2.24, 2.45) is 0 Å². The third-order valence-corrected chi connectivity index (χ3v) is 1.61. The molecule has 66 valence electrons. The van der Waals surface area contributed by atoms with E-state index in [2.05, 4.69) is 15.3 Å². The Bertz CT molecular complexity index is 418. The third kappa shape index (κ3) is 1.08. The molecule has 0 atom stereocenters. The lowest BCUT2D eigenvalue weighted by Crippen LogP contribution is -2.01. The van der Waals surface area contributed by atoms with Crippen LogP contribution in [0.3, 0.4) is 0 Å². The molecule has 0 aliphatic carbocycles. The molecule has 2 heterocycles. The van der Waals surface area contributed by atoms with Crippen molar-refractivity contribution < 1.29 is 9.90 Å². The van der Waals surface area contributed by atoms with Crippen LogP contribution < -0.4 is 0 Å². The standard InChI is InChI=1S/C7H6N4O2/c12-4-5-6(13)3-9-11(5)7-1-2-8-10-7/h1-4,13H,(H,8,10). The molecule has 0 radical (unpaired) electrons. The van der Waals surface area contributed by atoms with E-state index in [0.29, 0.717) is 12.1 Å². The molecule has 0 spiro atoms. The van der Waals surface area contributed by atoms with Gasteiger partial charge in [-0.2, -0.15) is 10.2 Å². The molecule has 2 aromatic heterocycles. The molecular formula is C7H6N4O2. The Labute approximate surface area is 72.8 Å². The molecule has 0 unspecified atom stereocenters. The average Bonchev–Trinajstić information content (AvgIpc) is 2.71. The first kappa shape index (κ1) is 7.53. The van der Waals surface area contributed by atoms with Crippen LogP contribution in [0.1, 0.15) is 10.5 Å². The van der Waals surface area contributed by atoms with Crippen molar-refractivity contribution in [3.63, 3.8) is 0 Å². The van der Waals surface area contributed by atoms with Crippen molar-refractivity contribution in [2.45, 2.75) is 0 Å². The maximum atomic E-state index is 10.5. The summed E-state index contributed by atoms with van der Waals surface area (Å²) in [6.45, 7) is 0. The molecule has 2 rings (SSSR count). The van der Waals surface area contributed by atoms with Gasteiger partial charge in [0, 0.05) is 6.07 Å². The van der Waals surface area contributed by atoms with Gasteiger partial charge in [-0.15, -0.1) is 0 Å². The molecule has 2 aromatic rings. The van der Waals surface area contributed by atoms with E-state index in [1.165, 1.54) is 17.1 Å². The van der Waals surface area contributed by atoms with E-state index in [-0.39, 0.29) is 11.4 Å². The number of H-pyrrole nitrogens is 1. The maximum Gasteiger partial charge on any atom is 0.172 e. The molecule has 0 aliphatic rings. The minimum absolute atomic E-state index is 0.101. The summed E-state index contributed by atoms with van der Waals surface area (Å²) in [7, 11) is 0. The number of aromatic nitrogens is 4. The van der Waals surface area contributed by atoms with Crippen LogP contribution in [0.4, 0.5) is 0 Å². The topological polar surface area (TPSA) is 83.8 Å². The van der Waals surface area contributed by atoms with Crippen molar-refractivity contribution >= 4 is 6.29 Å². The number of nitrogens with zero attached hydrogens (tertiary/aromatic N) is 3. The summed E-state index contributed by atoms with van der Waals surface area (Å²) in [6, 6.07) is 1.64. The second kappa shape index (κ2) is 2.74. The fourth-order valence-electron chi connectivity index (χ4n) is 1.02. The predicted octanol–water partition coefficient (Wildman–Crippen LogP) is 0.113. The van der Waals surface area contributed by atoms with Gasteiger partial charge in [0.2, 0.25) is 0 Å². The molecular weight excluding hydrogens is 172 g/mol. The zero-order chi connectivity index (χ0) is 9.26. The average molecular weight is 178 g/mol. The number of rotatable bonds is 2. The van der Waals surface area contributed by atoms with Crippen molar-refractivity contribution in [2.75, 3.05) is 0 Å². The van der Waals surface area contributed by atoms with Gasteiger partial charge in [0.25, 0.3) is 0 Å². The lowest BCUT2D eigenvalue weighted by molar-refractivity contribution is 0.111. The molecule has 0 saturated carbocycles. The summed E-state index contributed by atoms with van der Waals surface area (Å²) in [5.74, 6) is 0.381. The van der Waals surface area contributed by atoms with Gasteiger partial charge >= 0.3 is 0 Å². The lowest BCUT2D eigenvalue weighted by Gasteiger charge is -1.97. The molecule has 0 bridgehead atoms. The van der Waals surface area contributed by atoms with Crippen LogP contribution in [0.2, 0.25) is 0 Å². The van der Waals surface area contributed by atoms with Gasteiger partial charge in [-0.25, -0.2) is 4.68 Å². The number of hydrogen-bond donors (Lipinski definition) is 2. The second-order valence-electron chi connectivity index (χ2n) is 2.39. The summed E-state index contributed by atoms with van der Waals surface area (Å²) in [5, 5.41) is 19.3. The van der Waals surface area contributed by atoms with E-state index in [1.807, 2.05) is 0 Å². The summed E-state index contributed by atoms with van der Waals surface area (Å²) in [6.07, 6.45) is 3.26. The fourth-order valence-corrected chi connectivity index (χ4v) is 1.02. The van der Waals surface area contributed by atoms with Crippen molar-refractivity contribution in [1.29, 1.82) is 0 Å². The first-order valence-corrected chi connectivity index (χ1v) is 3.55. The molecule has 0 fully saturated rings. The Morgan fingerprint density at radius 3 is 3.08 bits per heavy atom. The molecule has 0 saturated heterocycles. The van der Waals surface area contributed by atoms with E-state index in [4.69, 9.17) is 0 Å². The van der Waals surface area contributed by atoms with E-state index in [9.17, 15) is 9.90 Å². The van der Waals surface area contributed by atoms with Gasteiger partial charge in [-0.3, -0.25) is 9.89 Å². The van der Waals surface area contributed by atoms with Gasteiger partial charge in [0.15, 0.2) is 17.7 Å². The third-order valence-electron chi connectivity index (χ3n) is 1.61. The fraction of sp³-hybridized carbons (Fsp3) is 0. The highest BCUT2D eigenvalue weighted by Gasteiger charge is 2.10. The predicted molar refractivity (Wildman–Crippen MR) is 42.8 cm³/mol.